The van der Waals surface area contributed by atoms with Crippen molar-refractivity contribution in [3.63, 3.8) is 0 Å². The van der Waals surface area contributed by atoms with Gasteiger partial charge in [-0.2, -0.15) is 18.3 Å². The molecule has 2 aliphatic heterocycles. The van der Waals surface area contributed by atoms with Crippen LogP contribution in [0.15, 0.2) is 48.3 Å². The molecule has 2 aromatic rings. The number of piperidine rings is 1. The number of rotatable bonds is 3. The molecule has 0 saturated carbocycles. The van der Waals surface area contributed by atoms with Gasteiger partial charge in [-0.3, -0.25) is 4.79 Å². The van der Waals surface area contributed by atoms with E-state index >= 15 is 0 Å². The molecule has 28 heavy (non-hydrogen) atoms. The molecule has 0 bridgehead atoms. The standard InChI is InChI=1S/C19H19F3N4O2/c20-19(21,22)13-1-3-14(4-2-13)26-11-12(10-25-26)16-9-15(17(23)27)18(28-16)5-7-24-8-6-18/h1-4,9-11,16,24H,5-8H2,(H2,23,27). The van der Waals surface area contributed by atoms with E-state index in [2.05, 4.69) is 10.4 Å². The molecular weight excluding hydrogens is 373 g/mol. The van der Waals surface area contributed by atoms with E-state index in [0.29, 0.717) is 29.7 Å². The van der Waals surface area contributed by atoms with Gasteiger partial charge in [-0.1, -0.05) is 0 Å². The number of nitrogens with zero attached hydrogens (tertiary/aromatic N) is 2. The SMILES string of the molecule is NC(=O)C1=CC(c2cnn(-c3ccc(C(F)(F)F)cc3)c2)OC12CCNCC2. The second kappa shape index (κ2) is 6.75. The van der Waals surface area contributed by atoms with Crippen molar-refractivity contribution in [3.05, 3.63) is 59.4 Å². The predicted octanol–water partition coefficient (Wildman–Crippen LogP) is 2.50. The number of alkyl halides is 3. The van der Waals surface area contributed by atoms with E-state index in [-0.39, 0.29) is 0 Å². The summed E-state index contributed by atoms with van der Waals surface area (Å²) in [5.74, 6) is -0.500. The van der Waals surface area contributed by atoms with E-state index < -0.39 is 29.4 Å². The second-order valence-corrected chi connectivity index (χ2v) is 6.99. The number of halogens is 3. The highest BCUT2D eigenvalue weighted by Crippen LogP contribution is 2.43. The summed E-state index contributed by atoms with van der Waals surface area (Å²) in [6.45, 7) is 1.45. The minimum atomic E-state index is -4.38. The number of nitrogens with one attached hydrogen (secondary N) is 1. The monoisotopic (exact) mass is 392 g/mol. The Morgan fingerprint density at radius 1 is 1.25 bits per heavy atom. The molecule has 1 fully saturated rings. The summed E-state index contributed by atoms with van der Waals surface area (Å²) in [6.07, 6.45) is 1.41. The Kier molecular flexibility index (Phi) is 4.51. The van der Waals surface area contributed by atoms with Crippen LogP contribution >= 0.6 is 0 Å². The molecule has 4 rings (SSSR count). The van der Waals surface area contributed by atoms with Gasteiger partial charge in [-0.25, -0.2) is 4.68 Å². The number of primary amides is 1. The lowest BCUT2D eigenvalue weighted by Crippen LogP contribution is -2.46. The minimum Gasteiger partial charge on any atom is -0.366 e. The number of hydrogen-bond acceptors (Lipinski definition) is 4. The van der Waals surface area contributed by atoms with Crippen molar-refractivity contribution in [2.45, 2.75) is 30.7 Å². The normalized spacial score (nSPS) is 21.7. The molecule has 148 valence electrons. The molecule has 1 amide bonds. The molecule has 1 atom stereocenters. The fourth-order valence-corrected chi connectivity index (χ4v) is 3.76. The quantitative estimate of drug-likeness (QED) is 0.841. The zero-order valence-corrected chi connectivity index (χ0v) is 14.9. The Balaban J connectivity index is 1.58. The summed E-state index contributed by atoms with van der Waals surface area (Å²) < 4.78 is 45.9. The first-order chi connectivity index (χ1) is 13.3. The van der Waals surface area contributed by atoms with Crippen LogP contribution in [0.1, 0.15) is 30.1 Å². The van der Waals surface area contributed by atoms with E-state index in [1.165, 1.54) is 16.8 Å². The topological polar surface area (TPSA) is 82.2 Å². The number of ether oxygens (including phenoxy) is 1. The lowest BCUT2D eigenvalue weighted by atomic mass is 9.85. The number of aromatic nitrogens is 2. The van der Waals surface area contributed by atoms with E-state index in [0.717, 1.165) is 25.2 Å². The zero-order chi connectivity index (χ0) is 19.9. The molecule has 6 nitrogen and oxygen atoms in total. The van der Waals surface area contributed by atoms with Gasteiger partial charge < -0.3 is 15.8 Å². The van der Waals surface area contributed by atoms with Gasteiger partial charge in [0.1, 0.15) is 11.7 Å². The van der Waals surface area contributed by atoms with Gasteiger partial charge in [0.05, 0.1) is 17.4 Å². The van der Waals surface area contributed by atoms with Gasteiger partial charge >= 0.3 is 6.18 Å². The average molecular weight is 392 g/mol. The van der Waals surface area contributed by atoms with Crippen LogP contribution in [-0.4, -0.2) is 34.4 Å². The molecule has 2 aliphatic rings. The number of hydrogen-bond donors (Lipinski definition) is 2. The van der Waals surface area contributed by atoms with E-state index in [1.807, 2.05) is 0 Å². The first kappa shape index (κ1) is 18.7. The summed E-state index contributed by atoms with van der Waals surface area (Å²) in [5.41, 5.74) is 5.82. The molecular formula is C19H19F3N4O2. The summed E-state index contributed by atoms with van der Waals surface area (Å²) in [7, 11) is 0. The maximum absolute atomic E-state index is 12.7. The van der Waals surface area contributed by atoms with Gasteiger partial charge in [-0.15, -0.1) is 0 Å². The summed E-state index contributed by atoms with van der Waals surface area (Å²) >= 11 is 0. The van der Waals surface area contributed by atoms with Crippen LogP contribution in [0.5, 0.6) is 0 Å². The van der Waals surface area contributed by atoms with E-state index in [9.17, 15) is 18.0 Å². The summed E-state index contributed by atoms with van der Waals surface area (Å²) in [4.78, 5) is 11.9. The maximum Gasteiger partial charge on any atom is 0.416 e. The Morgan fingerprint density at radius 3 is 2.54 bits per heavy atom. The second-order valence-electron chi connectivity index (χ2n) is 6.99. The Bertz CT molecular complexity index is 912. The third-order valence-corrected chi connectivity index (χ3v) is 5.23. The van der Waals surface area contributed by atoms with Gasteiger partial charge in [-0.05, 0) is 56.3 Å². The highest BCUT2D eigenvalue weighted by Gasteiger charge is 2.46. The first-order valence-electron chi connectivity index (χ1n) is 8.91. The van der Waals surface area contributed by atoms with Crippen molar-refractivity contribution in [2.75, 3.05) is 13.1 Å². The maximum atomic E-state index is 12.7. The Labute approximate surface area is 159 Å². The summed E-state index contributed by atoms with van der Waals surface area (Å²) in [5, 5.41) is 7.46. The smallest absolute Gasteiger partial charge is 0.366 e. The third kappa shape index (κ3) is 3.31. The van der Waals surface area contributed by atoms with Crippen LogP contribution < -0.4 is 11.1 Å². The van der Waals surface area contributed by atoms with Crippen LogP contribution in [0.3, 0.4) is 0 Å². The van der Waals surface area contributed by atoms with Crippen molar-refractivity contribution in [1.29, 1.82) is 0 Å². The van der Waals surface area contributed by atoms with Crippen molar-refractivity contribution in [1.82, 2.24) is 15.1 Å². The van der Waals surface area contributed by atoms with Crippen molar-refractivity contribution >= 4 is 5.91 Å². The van der Waals surface area contributed by atoms with Gasteiger partial charge in [0, 0.05) is 17.3 Å². The Morgan fingerprint density at radius 2 is 1.93 bits per heavy atom. The van der Waals surface area contributed by atoms with Gasteiger partial charge in [0.25, 0.3) is 0 Å². The van der Waals surface area contributed by atoms with Crippen LogP contribution in [0.4, 0.5) is 13.2 Å². The zero-order valence-electron chi connectivity index (χ0n) is 14.9. The molecule has 1 aromatic heterocycles. The van der Waals surface area contributed by atoms with Crippen LogP contribution in [0, 0.1) is 0 Å². The van der Waals surface area contributed by atoms with Gasteiger partial charge in [0.2, 0.25) is 5.91 Å². The van der Waals surface area contributed by atoms with Crippen LogP contribution in [0.2, 0.25) is 0 Å². The molecule has 1 saturated heterocycles. The van der Waals surface area contributed by atoms with Crippen molar-refractivity contribution in [3.8, 4) is 5.69 Å². The molecule has 1 unspecified atom stereocenters. The van der Waals surface area contributed by atoms with E-state index in [4.69, 9.17) is 10.5 Å². The molecule has 0 aliphatic carbocycles. The molecule has 0 radical (unpaired) electrons. The predicted molar refractivity (Wildman–Crippen MR) is 94.5 cm³/mol. The highest BCUT2D eigenvalue weighted by molar-refractivity contribution is 5.94. The minimum absolute atomic E-state index is 0.473. The molecule has 1 spiro atoms. The lowest BCUT2D eigenvalue weighted by molar-refractivity contribution is -0.137. The first-order valence-corrected chi connectivity index (χ1v) is 8.91. The number of carbonyl (C=O) groups excluding carboxylic acids is 1. The van der Waals surface area contributed by atoms with E-state index in [1.54, 1.807) is 18.5 Å². The van der Waals surface area contributed by atoms with Crippen molar-refractivity contribution in [2.24, 2.45) is 5.73 Å². The molecule has 3 heterocycles. The number of nitrogens with two attached hydrogens (primary N) is 1. The fraction of sp³-hybridized carbons (Fsp3) is 0.368. The molecule has 3 N–H and O–H groups in total. The largest absolute Gasteiger partial charge is 0.416 e. The number of carbonyl (C=O) groups is 1. The molecule has 1 aromatic carbocycles. The van der Waals surface area contributed by atoms with Gasteiger partial charge in [0.15, 0.2) is 0 Å². The molecule has 9 heteroatoms. The van der Waals surface area contributed by atoms with Crippen LogP contribution in [0.25, 0.3) is 5.69 Å². The van der Waals surface area contributed by atoms with Crippen LogP contribution in [-0.2, 0) is 15.7 Å². The average Bonchev–Trinajstić information content (AvgIpc) is 3.27. The lowest BCUT2D eigenvalue weighted by Gasteiger charge is -2.35. The number of amides is 1. The highest BCUT2D eigenvalue weighted by atomic mass is 19.4. The van der Waals surface area contributed by atoms with Crippen molar-refractivity contribution < 1.29 is 22.7 Å². The fourth-order valence-electron chi connectivity index (χ4n) is 3.76. The third-order valence-electron chi connectivity index (χ3n) is 5.23. The number of benzene rings is 1. The Hall–Kier alpha value is -2.65. The summed E-state index contributed by atoms with van der Waals surface area (Å²) in [6, 6.07) is 4.73.